The van der Waals surface area contributed by atoms with Crippen molar-refractivity contribution in [2.45, 2.75) is 11.6 Å². The van der Waals surface area contributed by atoms with Gasteiger partial charge >= 0.3 is 6.18 Å². The zero-order chi connectivity index (χ0) is 17.9. The largest absolute Gasteiger partial charge is 0.451 e. The number of halogens is 3. The molecule has 0 aliphatic carbocycles. The standard InChI is InChI=1S/C21H15F3O/c22-21(23,24)19(25)20(16-10-4-1-5-11-16,17-12-6-2-7-13-17)18-14-8-3-9-15-18/h1-15H. The second-order valence-electron chi connectivity index (χ2n) is 5.67. The minimum Gasteiger partial charge on any atom is -0.288 e. The van der Waals surface area contributed by atoms with Crippen molar-refractivity contribution in [3.05, 3.63) is 108 Å². The number of ketones is 1. The first-order chi connectivity index (χ1) is 12.0. The molecule has 4 heteroatoms. The number of Topliss-reactive ketones (excluding diaryl/α,β-unsaturated/α-hetero) is 1. The summed E-state index contributed by atoms with van der Waals surface area (Å²) in [6.45, 7) is 0. The Balaban J connectivity index is 2.43. The number of hydrogen-bond donors (Lipinski definition) is 0. The van der Waals surface area contributed by atoms with Gasteiger partial charge in [-0.2, -0.15) is 13.2 Å². The Hall–Kier alpha value is -2.88. The van der Waals surface area contributed by atoms with Gasteiger partial charge in [0.15, 0.2) is 0 Å². The topological polar surface area (TPSA) is 17.1 Å². The van der Waals surface area contributed by atoms with Gasteiger partial charge in [-0.15, -0.1) is 0 Å². The predicted molar refractivity (Wildman–Crippen MR) is 90.3 cm³/mol. The van der Waals surface area contributed by atoms with Crippen LogP contribution in [0.4, 0.5) is 13.2 Å². The molecule has 126 valence electrons. The van der Waals surface area contributed by atoms with Gasteiger partial charge in [-0.3, -0.25) is 4.79 Å². The third kappa shape index (κ3) is 2.95. The maximum absolute atomic E-state index is 13.7. The van der Waals surface area contributed by atoms with E-state index in [1.54, 1.807) is 91.0 Å². The molecule has 0 aromatic heterocycles. The Bertz CT molecular complexity index is 744. The molecule has 0 heterocycles. The zero-order valence-electron chi connectivity index (χ0n) is 13.2. The highest BCUT2D eigenvalue weighted by Crippen LogP contribution is 2.44. The maximum Gasteiger partial charge on any atom is 0.451 e. The van der Waals surface area contributed by atoms with Crippen molar-refractivity contribution in [2.75, 3.05) is 0 Å². The van der Waals surface area contributed by atoms with E-state index in [4.69, 9.17) is 0 Å². The second-order valence-corrected chi connectivity index (χ2v) is 5.67. The van der Waals surface area contributed by atoms with Crippen molar-refractivity contribution in [1.29, 1.82) is 0 Å². The fraction of sp³-hybridized carbons (Fsp3) is 0.0952. The van der Waals surface area contributed by atoms with E-state index in [1.807, 2.05) is 0 Å². The van der Waals surface area contributed by atoms with E-state index in [0.29, 0.717) is 0 Å². The highest BCUT2D eigenvalue weighted by molar-refractivity contribution is 6.01. The van der Waals surface area contributed by atoms with Gasteiger partial charge in [0.1, 0.15) is 5.41 Å². The SMILES string of the molecule is O=C(C(F)(F)F)C(c1ccccc1)(c1ccccc1)c1ccccc1. The smallest absolute Gasteiger partial charge is 0.288 e. The lowest BCUT2D eigenvalue weighted by Gasteiger charge is -2.34. The molecule has 0 spiro atoms. The van der Waals surface area contributed by atoms with E-state index >= 15 is 0 Å². The molecule has 0 aliphatic rings. The molecule has 0 unspecified atom stereocenters. The molecular formula is C21H15F3O. The van der Waals surface area contributed by atoms with Crippen molar-refractivity contribution in [2.24, 2.45) is 0 Å². The Morgan fingerprint density at radius 3 is 1.08 bits per heavy atom. The molecule has 0 radical (unpaired) electrons. The number of benzene rings is 3. The molecule has 0 saturated heterocycles. The molecule has 3 rings (SSSR count). The van der Waals surface area contributed by atoms with Crippen LogP contribution in [0.2, 0.25) is 0 Å². The summed E-state index contributed by atoms with van der Waals surface area (Å²) in [6.07, 6.45) is -4.98. The molecule has 0 saturated carbocycles. The van der Waals surface area contributed by atoms with Crippen LogP contribution in [0.5, 0.6) is 0 Å². The van der Waals surface area contributed by atoms with Crippen molar-refractivity contribution >= 4 is 5.78 Å². The normalized spacial score (nSPS) is 12.0. The molecule has 3 aromatic rings. The van der Waals surface area contributed by atoms with Crippen molar-refractivity contribution in [3.63, 3.8) is 0 Å². The summed E-state index contributed by atoms with van der Waals surface area (Å²) in [4.78, 5) is 12.8. The third-order valence-electron chi connectivity index (χ3n) is 4.22. The van der Waals surface area contributed by atoms with Crippen molar-refractivity contribution in [1.82, 2.24) is 0 Å². The van der Waals surface area contributed by atoms with Crippen LogP contribution in [-0.2, 0) is 10.2 Å². The molecule has 0 atom stereocenters. The van der Waals surface area contributed by atoms with Gasteiger partial charge in [0.25, 0.3) is 5.78 Å². The van der Waals surface area contributed by atoms with Crippen LogP contribution in [0, 0.1) is 0 Å². The van der Waals surface area contributed by atoms with E-state index < -0.39 is 17.4 Å². The summed E-state index contributed by atoms with van der Waals surface area (Å²) in [6, 6.07) is 24.3. The molecule has 0 N–H and O–H groups in total. The number of rotatable bonds is 4. The van der Waals surface area contributed by atoms with Crippen LogP contribution in [0.1, 0.15) is 16.7 Å². The van der Waals surface area contributed by atoms with Crippen molar-refractivity contribution in [3.8, 4) is 0 Å². The van der Waals surface area contributed by atoms with E-state index in [-0.39, 0.29) is 16.7 Å². The van der Waals surface area contributed by atoms with Crippen LogP contribution in [0.3, 0.4) is 0 Å². The zero-order valence-corrected chi connectivity index (χ0v) is 13.2. The number of carbonyl (C=O) groups is 1. The van der Waals surface area contributed by atoms with E-state index in [0.717, 1.165) is 0 Å². The highest BCUT2D eigenvalue weighted by atomic mass is 19.4. The Kier molecular flexibility index (Phi) is 4.45. The molecule has 1 nitrogen and oxygen atoms in total. The molecule has 3 aromatic carbocycles. The first kappa shape index (κ1) is 17.0. The quantitative estimate of drug-likeness (QED) is 0.600. The molecular weight excluding hydrogens is 325 g/mol. The Morgan fingerprint density at radius 1 is 0.560 bits per heavy atom. The molecule has 25 heavy (non-hydrogen) atoms. The van der Waals surface area contributed by atoms with Gasteiger partial charge in [-0.1, -0.05) is 91.0 Å². The van der Waals surface area contributed by atoms with Gasteiger partial charge in [0, 0.05) is 0 Å². The van der Waals surface area contributed by atoms with Crippen LogP contribution in [-0.4, -0.2) is 12.0 Å². The summed E-state index contributed by atoms with van der Waals surface area (Å²) in [5.41, 5.74) is -1.08. The van der Waals surface area contributed by atoms with Crippen LogP contribution < -0.4 is 0 Å². The van der Waals surface area contributed by atoms with Crippen LogP contribution in [0.15, 0.2) is 91.0 Å². The monoisotopic (exact) mass is 340 g/mol. The first-order valence-corrected chi connectivity index (χ1v) is 7.75. The van der Waals surface area contributed by atoms with Crippen LogP contribution in [0.25, 0.3) is 0 Å². The average molecular weight is 340 g/mol. The fourth-order valence-corrected chi connectivity index (χ4v) is 3.17. The van der Waals surface area contributed by atoms with Gasteiger partial charge < -0.3 is 0 Å². The van der Waals surface area contributed by atoms with E-state index in [2.05, 4.69) is 0 Å². The first-order valence-electron chi connectivity index (χ1n) is 7.75. The van der Waals surface area contributed by atoms with Gasteiger partial charge in [0.2, 0.25) is 0 Å². The summed E-state index contributed by atoms with van der Waals surface area (Å²) in [5, 5.41) is 0. The van der Waals surface area contributed by atoms with Gasteiger partial charge in [-0.05, 0) is 16.7 Å². The molecule has 0 amide bonds. The maximum atomic E-state index is 13.7. The summed E-state index contributed by atoms with van der Waals surface area (Å²) < 4.78 is 41.0. The molecule has 0 aliphatic heterocycles. The van der Waals surface area contributed by atoms with E-state index in [9.17, 15) is 18.0 Å². The minimum atomic E-state index is -4.98. The molecule has 0 bridgehead atoms. The number of hydrogen-bond acceptors (Lipinski definition) is 1. The third-order valence-corrected chi connectivity index (χ3v) is 4.22. The lowest BCUT2D eigenvalue weighted by Crippen LogP contribution is -2.46. The van der Waals surface area contributed by atoms with Crippen molar-refractivity contribution < 1.29 is 18.0 Å². The Labute approximate surface area is 143 Å². The van der Waals surface area contributed by atoms with Crippen LogP contribution >= 0.6 is 0 Å². The number of alkyl halides is 3. The second kappa shape index (κ2) is 6.55. The summed E-state index contributed by atoms with van der Waals surface area (Å²) in [5.74, 6) is -1.80. The average Bonchev–Trinajstić information content (AvgIpc) is 2.64. The lowest BCUT2D eigenvalue weighted by atomic mass is 9.66. The Morgan fingerprint density at radius 2 is 0.840 bits per heavy atom. The predicted octanol–water partition coefficient (Wildman–Crippen LogP) is 5.15. The highest BCUT2D eigenvalue weighted by Gasteiger charge is 2.55. The lowest BCUT2D eigenvalue weighted by molar-refractivity contribution is -0.174. The van der Waals surface area contributed by atoms with Gasteiger partial charge in [0.05, 0.1) is 0 Å². The summed E-state index contributed by atoms with van der Waals surface area (Å²) >= 11 is 0. The summed E-state index contributed by atoms with van der Waals surface area (Å²) in [7, 11) is 0. The van der Waals surface area contributed by atoms with E-state index in [1.165, 1.54) is 0 Å². The number of carbonyl (C=O) groups excluding carboxylic acids is 1. The fourth-order valence-electron chi connectivity index (χ4n) is 3.17. The minimum absolute atomic E-state index is 0.287. The molecule has 0 fully saturated rings. The van der Waals surface area contributed by atoms with Gasteiger partial charge in [-0.25, -0.2) is 0 Å².